The smallest absolute Gasteiger partial charge is 1.00 e. The summed E-state index contributed by atoms with van der Waals surface area (Å²) in [6.45, 7) is 0. The van der Waals surface area contributed by atoms with Gasteiger partial charge in [-0.05, 0) is 29.2 Å². The molecule has 0 saturated heterocycles. The van der Waals surface area contributed by atoms with Gasteiger partial charge in [-0.1, -0.05) is 0 Å². The molecule has 0 aliphatic heterocycles. The first-order valence-electron chi connectivity index (χ1n) is 4.57. The molecule has 18 heavy (non-hydrogen) atoms. The molecule has 2 aromatic rings. The van der Waals surface area contributed by atoms with Crippen LogP contribution in [0.2, 0.25) is 0 Å². The van der Waals surface area contributed by atoms with Crippen molar-refractivity contribution in [3.05, 3.63) is 60.4 Å². The van der Waals surface area contributed by atoms with E-state index in [2.05, 4.69) is 6.07 Å². The van der Waals surface area contributed by atoms with E-state index in [1.807, 2.05) is 0 Å². The third-order valence-corrected chi connectivity index (χ3v) is 3.91. The number of rotatable bonds is 2. The number of hydrogen-bond acceptors (Lipinski definition) is 2. The molecule has 0 radical (unpaired) electrons. The predicted octanol–water partition coefficient (Wildman–Crippen LogP) is -0.918. The first-order chi connectivity index (χ1) is 7.60. The van der Waals surface area contributed by atoms with Crippen molar-refractivity contribution in [3.8, 4) is 0 Å². The first kappa shape index (κ1) is 17.4. The monoisotopic (exact) mass is 294 g/mol. The van der Waals surface area contributed by atoms with E-state index in [0.717, 1.165) is 12.1 Å². The van der Waals surface area contributed by atoms with Gasteiger partial charge in [-0.15, -0.1) is 0 Å². The van der Waals surface area contributed by atoms with E-state index in [1.165, 1.54) is 36.4 Å². The fourth-order valence-corrected chi connectivity index (χ4v) is 2.56. The second-order valence-corrected chi connectivity index (χ2v) is 5.14. The molecule has 0 aliphatic carbocycles. The molecule has 2 rings (SSSR count). The fourth-order valence-electron chi connectivity index (χ4n) is 1.30. The number of benzene rings is 2. The predicted molar refractivity (Wildman–Crippen MR) is 62.9 cm³/mol. The zero-order valence-electron chi connectivity index (χ0n) is 9.31. The van der Waals surface area contributed by atoms with Gasteiger partial charge in [-0.2, -0.15) is 30.3 Å². The Labute approximate surface area is 128 Å². The molecule has 0 saturated carbocycles. The van der Waals surface area contributed by atoms with Gasteiger partial charge in [0.1, 0.15) is 5.82 Å². The third kappa shape index (κ3) is 3.68. The van der Waals surface area contributed by atoms with Gasteiger partial charge >= 0.3 is 23.1 Å². The minimum atomic E-state index is -3.54. The maximum Gasteiger partial charge on any atom is 2.00 e. The van der Waals surface area contributed by atoms with Crippen molar-refractivity contribution >= 4 is 32.9 Å². The topological polar surface area (TPSA) is 34.1 Å². The molecule has 0 spiro atoms. The van der Waals surface area contributed by atoms with Gasteiger partial charge in [0.05, 0.1) is 4.90 Å². The van der Waals surface area contributed by atoms with Crippen LogP contribution in [0.15, 0.2) is 58.3 Å². The Bertz CT molecular complexity index is 585. The van der Waals surface area contributed by atoms with Gasteiger partial charge in [0.15, 0.2) is 9.84 Å². The van der Waals surface area contributed by atoms with Gasteiger partial charge in [-0.25, -0.2) is 12.8 Å². The van der Waals surface area contributed by atoms with Crippen LogP contribution in [0, 0.1) is 11.9 Å². The molecular weight excluding hydrogens is 287 g/mol. The van der Waals surface area contributed by atoms with Crippen LogP contribution in [0.1, 0.15) is 0 Å². The average Bonchev–Trinajstić information content (AvgIpc) is 2.31. The van der Waals surface area contributed by atoms with Crippen LogP contribution in [-0.4, -0.2) is 31.5 Å². The van der Waals surface area contributed by atoms with Gasteiger partial charge in [0, 0.05) is 0 Å². The quantitative estimate of drug-likeness (QED) is 0.408. The van der Waals surface area contributed by atoms with Crippen molar-refractivity contribution in [3.63, 3.8) is 0 Å². The van der Waals surface area contributed by atoms with Crippen LogP contribution < -0.4 is 12.4 Å². The first-order valence-corrected chi connectivity index (χ1v) is 6.06. The molecule has 6 heteroatoms. The summed E-state index contributed by atoms with van der Waals surface area (Å²) in [6.07, 6.45) is 0. The van der Waals surface area contributed by atoms with E-state index in [9.17, 15) is 12.8 Å². The Morgan fingerprint density at radius 2 is 1.33 bits per heavy atom. The summed E-state index contributed by atoms with van der Waals surface area (Å²) in [4.78, 5) is 0.262. The summed E-state index contributed by atoms with van der Waals surface area (Å²) in [7, 11) is -3.54. The van der Waals surface area contributed by atoms with E-state index >= 15 is 0 Å². The fraction of sp³-hybridized carbons (Fsp3) is 0. The van der Waals surface area contributed by atoms with Gasteiger partial charge in [0.2, 0.25) is 0 Å². The molecule has 0 unspecified atom stereocenters. The summed E-state index contributed by atoms with van der Waals surface area (Å²) >= 11 is 0. The largest absolute Gasteiger partial charge is 2.00 e. The second-order valence-electron chi connectivity index (χ2n) is 3.19. The van der Waals surface area contributed by atoms with Gasteiger partial charge in [0.25, 0.3) is 0 Å². The Hall–Kier alpha value is -0.624. The number of halogens is 2. The van der Waals surface area contributed by atoms with Crippen LogP contribution in [0.25, 0.3) is 0 Å². The Morgan fingerprint density at radius 1 is 0.889 bits per heavy atom. The van der Waals surface area contributed by atoms with Crippen molar-refractivity contribution in [2.75, 3.05) is 0 Å². The zero-order valence-corrected chi connectivity index (χ0v) is 12.3. The summed E-state index contributed by atoms with van der Waals surface area (Å²) in [5.74, 6) is -0.458. The molecule has 0 fully saturated rings. The molecule has 0 aromatic heterocycles. The van der Waals surface area contributed by atoms with Crippen LogP contribution in [0.4, 0.5) is 4.39 Å². The van der Waals surface area contributed by atoms with E-state index in [4.69, 9.17) is 0 Å². The SMILES string of the molecule is O=S(=O)(c1cc[c-]cc1)c1ccc(F)cc1.[Cl-].[Mg+2]. The maximum absolute atomic E-state index is 12.7. The van der Waals surface area contributed by atoms with Crippen molar-refractivity contribution in [2.24, 2.45) is 0 Å². The maximum atomic E-state index is 12.7. The van der Waals surface area contributed by atoms with Crippen molar-refractivity contribution in [1.82, 2.24) is 0 Å². The molecule has 0 N–H and O–H groups in total. The third-order valence-electron chi connectivity index (χ3n) is 2.12. The number of hydrogen-bond donors (Lipinski definition) is 0. The molecule has 0 atom stereocenters. The second kappa shape index (κ2) is 7.09. The molecule has 0 heterocycles. The zero-order chi connectivity index (χ0) is 11.6. The summed E-state index contributed by atoms with van der Waals surface area (Å²) in [6, 6.07) is 13.5. The molecular formula is C12H8ClFMgO2S. The summed E-state index contributed by atoms with van der Waals surface area (Å²) in [5, 5.41) is 0. The number of sulfone groups is 1. The average molecular weight is 295 g/mol. The molecule has 2 nitrogen and oxygen atoms in total. The van der Waals surface area contributed by atoms with Crippen molar-refractivity contribution in [1.29, 1.82) is 0 Å². The summed E-state index contributed by atoms with van der Waals surface area (Å²) < 4.78 is 36.7. The minimum Gasteiger partial charge on any atom is -1.00 e. The van der Waals surface area contributed by atoms with Crippen molar-refractivity contribution < 1.29 is 25.2 Å². The van der Waals surface area contributed by atoms with Crippen LogP contribution in [-0.2, 0) is 9.84 Å². The van der Waals surface area contributed by atoms with Crippen LogP contribution in [0.3, 0.4) is 0 Å². The van der Waals surface area contributed by atoms with E-state index in [1.54, 1.807) is 0 Å². The van der Waals surface area contributed by atoms with E-state index in [-0.39, 0.29) is 45.3 Å². The normalized spacial score (nSPS) is 10.1. The Morgan fingerprint density at radius 3 is 1.83 bits per heavy atom. The minimum absolute atomic E-state index is 0. The molecule has 90 valence electrons. The van der Waals surface area contributed by atoms with E-state index < -0.39 is 15.7 Å². The van der Waals surface area contributed by atoms with Crippen LogP contribution in [0.5, 0.6) is 0 Å². The van der Waals surface area contributed by atoms with E-state index in [0.29, 0.717) is 0 Å². The van der Waals surface area contributed by atoms with Crippen molar-refractivity contribution in [2.45, 2.75) is 9.79 Å². The standard InChI is InChI=1S/C12H8FO2S.ClH.Mg/c13-10-6-8-12(9-7-10)16(14,15)11-4-2-1-3-5-11;;/h2-9H;1H;/q-1;;+2/p-1. The summed E-state index contributed by atoms with van der Waals surface area (Å²) in [5.41, 5.74) is 0. The molecule has 0 amide bonds. The van der Waals surface area contributed by atoms with Crippen LogP contribution >= 0.6 is 0 Å². The Kier molecular flexibility index (Phi) is 6.84. The molecule has 2 aromatic carbocycles. The van der Waals surface area contributed by atoms with Gasteiger partial charge in [-0.3, -0.25) is 0 Å². The molecule has 0 aliphatic rings. The Balaban J connectivity index is 0.00000144. The molecule has 0 bridgehead atoms. The van der Waals surface area contributed by atoms with Gasteiger partial charge < -0.3 is 12.4 Å².